The minimum Gasteiger partial charge on any atom is -0.468 e. The first-order valence-corrected chi connectivity index (χ1v) is 4.69. The molecule has 2 N–H and O–H groups in total. The third kappa shape index (κ3) is 1.62. The predicted molar refractivity (Wildman–Crippen MR) is 49.2 cm³/mol. The Bertz CT molecular complexity index is 258. The Hall–Kier alpha value is -0.800. The molecule has 3 heteroatoms. The van der Waals surface area contributed by atoms with Gasteiger partial charge in [-0.05, 0) is 24.5 Å². The van der Waals surface area contributed by atoms with E-state index in [9.17, 15) is 0 Å². The van der Waals surface area contributed by atoms with Crippen LogP contribution in [0.1, 0.15) is 25.1 Å². The van der Waals surface area contributed by atoms with E-state index in [0.717, 1.165) is 18.8 Å². The number of ether oxygens (including phenoxy) is 1. The molecule has 3 atom stereocenters. The van der Waals surface area contributed by atoms with Gasteiger partial charge in [0.2, 0.25) is 0 Å². The topological polar surface area (TPSA) is 48.4 Å². The third-order valence-corrected chi connectivity index (χ3v) is 2.67. The van der Waals surface area contributed by atoms with Crippen molar-refractivity contribution in [1.82, 2.24) is 0 Å². The van der Waals surface area contributed by atoms with Crippen molar-refractivity contribution in [3.05, 3.63) is 24.2 Å². The van der Waals surface area contributed by atoms with Gasteiger partial charge in [0.05, 0.1) is 18.4 Å². The monoisotopic (exact) mass is 181 g/mol. The van der Waals surface area contributed by atoms with Crippen LogP contribution in [0.3, 0.4) is 0 Å². The van der Waals surface area contributed by atoms with Gasteiger partial charge in [-0.3, -0.25) is 0 Å². The first-order chi connectivity index (χ1) is 6.29. The quantitative estimate of drug-likeness (QED) is 0.755. The average molecular weight is 181 g/mol. The zero-order chi connectivity index (χ0) is 9.26. The van der Waals surface area contributed by atoms with E-state index >= 15 is 0 Å². The Labute approximate surface area is 77.9 Å². The van der Waals surface area contributed by atoms with E-state index in [1.807, 2.05) is 12.1 Å². The third-order valence-electron chi connectivity index (χ3n) is 2.67. The molecule has 13 heavy (non-hydrogen) atoms. The molecule has 1 aliphatic heterocycles. The van der Waals surface area contributed by atoms with Crippen LogP contribution in [0.2, 0.25) is 0 Å². The molecule has 0 aliphatic carbocycles. The lowest BCUT2D eigenvalue weighted by molar-refractivity contribution is 0.0664. The van der Waals surface area contributed by atoms with Crippen LogP contribution in [0.4, 0.5) is 0 Å². The molecule has 0 radical (unpaired) electrons. The molecule has 0 bridgehead atoms. The van der Waals surface area contributed by atoms with Crippen LogP contribution in [0.15, 0.2) is 22.8 Å². The molecule has 3 nitrogen and oxygen atoms in total. The molecule has 1 aromatic heterocycles. The van der Waals surface area contributed by atoms with Crippen molar-refractivity contribution in [2.75, 3.05) is 6.61 Å². The first-order valence-electron chi connectivity index (χ1n) is 4.69. The van der Waals surface area contributed by atoms with Gasteiger partial charge in [-0.1, -0.05) is 6.92 Å². The fourth-order valence-electron chi connectivity index (χ4n) is 1.82. The molecule has 2 rings (SSSR count). The highest BCUT2D eigenvalue weighted by Gasteiger charge is 2.31. The fraction of sp³-hybridized carbons (Fsp3) is 0.600. The molecule has 0 amide bonds. The highest BCUT2D eigenvalue weighted by molar-refractivity contribution is 5.06. The maximum atomic E-state index is 6.02. The lowest BCUT2D eigenvalue weighted by Crippen LogP contribution is -2.29. The van der Waals surface area contributed by atoms with Crippen molar-refractivity contribution in [2.45, 2.75) is 25.5 Å². The summed E-state index contributed by atoms with van der Waals surface area (Å²) >= 11 is 0. The predicted octanol–water partition coefficient (Wildman–Crippen LogP) is 1.70. The number of nitrogens with two attached hydrogens (primary N) is 1. The Morgan fingerprint density at radius 3 is 3.00 bits per heavy atom. The molecule has 0 spiro atoms. The van der Waals surface area contributed by atoms with E-state index < -0.39 is 0 Å². The van der Waals surface area contributed by atoms with E-state index in [2.05, 4.69) is 6.92 Å². The van der Waals surface area contributed by atoms with Crippen LogP contribution in [-0.4, -0.2) is 12.7 Å². The molecule has 1 aliphatic rings. The van der Waals surface area contributed by atoms with Crippen molar-refractivity contribution in [3.8, 4) is 0 Å². The van der Waals surface area contributed by atoms with Crippen molar-refractivity contribution < 1.29 is 9.15 Å². The van der Waals surface area contributed by atoms with Crippen LogP contribution in [-0.2, 0) is 4.74 Å². The highest BCUT2D eigenvalue weighted by atomic mass is 16.5. The van der Waals surface area contributed by atoms with Gasteiger partial charge in [0, 0.05) is 6.61 Å². The Balaban J connectivity index is 2.08. The lowest BCUT2D eigenvalue weighted by Gasteiger charge is -2.20. The highest BCUT2D eigenvalue weighted by Crippen LogP contribution is 2.29. The number of furan rings is 1. The van der Waals surface area contributed by atoms with Crippen molar-refractivity contribution in [3.63, 3.8) is 0 Å². The average Bonchev–Trinajstić information content (AvgIpc) is 2.72. The van der Waals surface area contributed by atoms with Crippen LogP contribution >= 0.6 is 0 Å². The van der Waals surface area contributed by atoms with Gasteiger partial charge >= 0.3 is 0 Å². The standard InChI is InChI=1S/C10H15NO2/c1-7-4-6-13-10(7)9(11)8-3-2-5-12-8/h2-3,5,7,9-10H,4,6,11H2,1H3. The van der Waals surface area contributed by atoms with Gasteiger partial charge in [-0.25, -0.2) is 0 Å². The summed E-state index contributed by atoms with van der Waals surface area (Å²) in [6.45, 7) is 2.99. The molecule has 1 saturated heterocycles. The minimum atomic E-state index is -0.118. The fourth-order valence-corrected chi connectivity index (χ4v) is 1.82. The summed E-state index contributed by atoms with van der Waals surface area (Å²) in [5, 5.41) is 0. The molecule has 1 aromatic rings. The molecular formula is C10H15NO2. The van der Waals surface area contributed by atoms with Crippen LogP contribution in [0, 0.1) is 5.92 Å². The van der Waals surface area contributed by atoms with E-state index in [1.54, 1.807) is 6.26 Å². The van der Waals surface area contributed by atoms with Gasteiger partial charge in [-0.15, -0.1) is 0 Å². The molecule has 2 heterocycles. The maximum Gasteiger partial charge on any atom is 0.123 e. The molecule has 0 saturated carbocycles. The first kappa shape index (κ1) is 8.78. The van der Waals surface area contributed by atoms with Crippen LogP contribution in [0.5, 0.6) is 0 Å². The number of hydrogen-bond donors (Lipinski definition) is 1. The second-order valence-corrected chi connectivity index (χ2v) is 3.64. The molecule has 72 valence electrons. The summed E-state index contributed by atoms with van der Waals surface area (Å²) < 4.78 is 10.8. The van der Waals surface area contributed by atoms with E-state index in [-0.39, 0.29) is 12.1 Å². The smallest absolute Gasteiger partial charge is 0.123 e. The van der Waals surface area contributed by atoms with Gasteiger partial charge in [0.15, 0.2) is 0 Å². The molecule has 1 fully saturated rings. The van der Waals surface area contributed by atoms with Gasteiger partial charge in [0.25, 0.3) is 0 Å². The van der Waals surface area contributed by atoms with Crippen molar-refractivity contribution in [2.24, 2.45) is 11.7 Å². The zero-order valence-corrected chi connectivity index (χ0v) is 7.77. The normalized spacial score (nSPS) is 30.6. The van der Waals surface area contributed by atoms with Gasteiger partial charge < -0.3 is 14.9 Å². The maximum absolute atomic E-state index is 6.02. The van der Waals surface area contributed by atoms with E-state index in [4.69, 9.17) is 14.9 Å². The molecule has 0 aromatic carbocycles. The van der Waals surface area contributed by atoms with Crippen molar-refractivity contribution in [1.29, 1.82) is 0 Å². The van der Waals surface area contributed by atoms with Gasteiger partial charge in [-0.2, -0.15) is 0 Å². The second-order valence-electron chi connectivity index (χ2n) is 3.64. The largest absolute Gasteiger partial charge is 0.468 e. The van der Waals surface area contributed by atoms with Crippen molar-refractivity contribution >= 4 is 0 Å². The van der Waals surface area contributed by atoms with E-state index in [1.165, 1.54) is 0 Å². The zero-order valence-electron chi connectivity index (χ0n) is 7.77. The Kier molecular flexibility index (Phi) is 2.38. The Morgan fingerprint density at radius 1 is 1.62 bits per heavy atom. The summed E-state index contributed by atoms with van der Waals surface area (Å²) in [5.74, 6) is 1.35. The summed E-state index contributed by atoms with van der Waals surface area (Å²) in [5.41, 5.74) is 6.02. The summed E-state index contributed by atoms with van der Waals surface area (Å²) in [6, 6.07) is 3.64. The molecule has 3 unspecified atom stereocenters. The van der Waals surface area contributed by atoms with E-state index in [0.29, 0.717) is 5.92 Å². The molecular weight excluding hydrogens is 166 g/mol. The second kappa shape index (κ2) is 3.52. The number of hydrogen-bond acceptors (Lipinski definition) is 3. The summed E-state index contributed by atoms with van der Waals surface area (Å²) in [7, 11) is 0. The van der Waals surface area contributed by atoms with Gasteiger partial charge in [0.1, 0.15) is 5.76 Å². The number of rotatable bonds is 2. The minimum absolute atomic E-state index is 0.117. The summed E-state index contributed by atoms with van der Waals surface area (Å²) in [4.78, 5) is 0. The Morgan fingerprint density at radius 2 is 2.46 bits per heavy atom. The van der Waals surface area contributed by atoms with Crippen LogP contribution < -0.4 is 5.73 Å². The summed E-state index contributed by atoms with van der Waals surface area (Å²) in [6.07, 6.45) is 2.86. The lowest BCUT2D eigenvalue weighted by atomic mass is 9.97. The SMILES string of the molecule is CC1CCOC1C(N)c1ccco1. The van der Waals surface area contributed by atoms with Crippen LogP contribution in [0.25, 0.3) is 0 Å².